The molecule has 0 amide bonds. The number of hydrogen-bond donors (Lipinski definition) is 5. The first-order valence-electron chi connectivity index (χ1n) is 11.0. The summed E-state index contributed by atoms with van der Waals surface area (Å²) in [5.41, 5.74) is 1.42. The third-order valence-electron chi connectivity index (χ3n) is 7.65. The SMILES string of the molecule is C=C1CCC[C@]2(C)C[C@H]3OC(=O)[C@H](CN(C)C[C@H](O)[C@H](O)[C@H](O)[C@H](O)CO)[C@H]3C[C@@H]12. The molecule has 3 fully saturated rings. The van der Waals surface area contributed by atoms with Gasteiger partial charge in [-0.15, -0.1) is 0 Å². The first-order valence-corrected chi connectivity index (χ1v) is 11.0. The van der Waals surface area contributed by atoms with Crippen LogP contribution in [0.3, 0.4) is 0 Å². The van der Waals surface area contributed by atoms with Gasteiger partial charge >= 0.3 is 5.97 Å². The molecule has 9 atom stereocenters. The van der Waals surface area contributed by atoms with Crippen LogP contribution in [-0.2, 0) is 9.53 Å². The van der Waals surface area contributed by atoms with Crippen LogP contribution in [0.25, 0.3) is 0 Å². The molecule has 1 aliphatic heterocycles. The molecule has 3 rings (SSSR count). The molecular formula is C22H37NO7. The summed E-state index contributed by atoms with van der Waals surface area (Å²) in [6.07, 6.45) is -1.17. The van der Waals surface area contributed by atoms with E-state index in [1.807, 2.05) is 0 Å². The molecule has 172 valence electrons. The van der Waals surface area contributed by atoms with E-state index in [-0.39, 0.29) is 35.9 Å². The quantitative estimate of drug-likeness (QED) is 0.263. The summed E-state index contributed by atoms with van der Waals surface area (Å²) in [5.74, 6) is -0.0128. The summed E-state index contributed by atoms with van der Waals surface area (Å²) in [4.78, 5) is 14.4. The number of esters is 1. The Kier molecular flexibility index (Phi) is 7.26. The van der Waals surface area contributed by atoms with E-state index in [1.54, 1.807) is 11.9 Å². The van der Waals surface area contributed by atoms with Crippen molar-refractivity contribution < 1.29 is 35.1 Å². The van der Waals surface area contributed by atoms with E-state index in [1.165, 1.54) is 5.57 Å². The fourth-order valence-corrected chi connectivity index (χ4v) is 5.87. The normalized spacial score (nSPS) is 37.9. The second-order valence-electron chi connectivity index (χ2n) is 9.92. The zero-order chi connectivity index (χ0) is 22.2. The smallest absolute Gasteiger partial charge is 0.310 e. The second-order valence-corrected chi connectivity index (χ2v) is 9.92. The van der Waals surface area contributed by atoms with Gasteiger partial charge in [-0.1, -0.05) is 19.1 Å². The maximum atomic E-state index is 12.6. The van der Waals surface area contributed by atoms with Crippen LogP contribution in [0.5, 0.6) is 0 Å². The van der Waals surface area contributed by atoms with Crippen molar-refractivity contribution in [2.75, 3.05) is 26.7 Å². The molecule has 0 aromatic heterocycles. The minimum absolute atomic E-state index is 0.00535. The standard InChI is InChI=1S/C22H37NO7/c1-12-5-4-6-22(2)8-18-13(7-15(12)22)14(21(29)30-18)9-23(3)10-16(25)19(27)20(28)17(26)11-24/h13-20,24-28H,1,4-11H2,2-3H3/t13-,14-,15+,16+,17-,18-,19+,20-,22-/m1/s1. The van der Waals surface area contributed by atoms with Crippen molar-refractivity contribution in [1.29, 1.82) is 0 Å². The molecular weight excluding hydrogens is 390 g/mol. The Bertz CT molecular complexity index is 643. The number of likely N-dealkylation sites (N-methyl/N-ethyl adjacent to an activating group) is 1. The molecule has 3 aliphatic rings. The molecule has 2 aliphatic carbocycles. The Hall–Kier alpha value is -1.03. The van der Waals surface area contributed by atoms with E-state index in [0.29, 0.717) is 12.5 Å². The number of aliphatic hydroxyl groups excluding tert-OH is 5. The number of fused-ring (bicyclic) bond motifs is 2. The highest BCUT2D eigenvalue weighted by Gasteiger charge is 2.55. The summed E-state index contributed by atoms with van der Waals surface area (Å²) in [5, 5.41) is 48.4. The molecule has 5 N–H and O–H groups in total. The molecule has 0 radical (unpaired) electrons. The van der Waals surface area contributed by atoms with Crippen LogP contribution in [0.4, 0.5) is 0 Å². The third-order valence-corrected chi connectivity index (χ3v) is 7.65. The van der Waals surface area contributed by atoms with Gasteiger partial charge in [-0.25, -0.2) is 0 Å². The highest BCUT2D eigenvalue weighted by atomic mass is 16.6. The van der Waals surface area contributed by atoms with E-state index >= 15 is 0 Å². The molecule has 0 spiro atoms. The van der Waals surface area contributed by atoms with Crippen LogP contribution in [0, 0.1) is 23.2 Å². The molecule has 2 saturated carbocycles. The fraction of sp³-hybridized carbons (Fsp3) is 0.864. The summed E-state index contributed by atoms with van der Waals surface area (Å²) in [6.45, 7) is 6.25. The van der Waals surface area contributed by atoms with Crippen molar-refractivity contribution in [3.05, 3.63) is 12.2 Å². The van der Waals surface area contributed by atoms with Gasteiger partial charge in [0, 0.05) is 19.0 Å². The van der Waals surface area contributed by atoms with Crippen LogP contribution in [0.1, 0.15) is 39.0 Å². The molecule has 8 heteroatoms. The van der Waals surface area contributed by atoms with E-state index in [4.69, 9.17) is 9.84 Å². The lowest BCUT2D eigenvalue weighted by Crippen LogP contribution is -2.50. The predicted octanol–water partition coefficient (Wildman–Crippen LogP) is -0.332. The lowest BCUT2D eigenvalue weighted by Gasteiger charge is -2.50. The van der Waals surface area contributed by atoms with Crippen LogP contribution in [0.2, 0.25) is 0 Å². The predicted molar refractivity (Wildman–Crippen MR) is 109 cm³/mol. The summed E-state index contributed by atoms with van der Waals surface area (Å²) >= 11 is 0. The van der Waals surface area contributed by atoms with Gasteiger partial charge in [0.25, 0.3) is 0 Å². The lowest BCUT2D eigenvalue weighted by molar-refractivity contribution is -0.146. The highest BCUT2D eigenvalue weighted by molar-refractivity contribution is 5.75. The maximum Gasteiger partial charge on any atom is 0.310 e. The zero-order valence-corrected chi connectivity index (χ0v) is 18.0. The summed E-state index contributed by atoms with van der Waals surface area (Å²) < 4.78 is 5.76. The number of hydrogen-bond acceptors (Lipinski definition) is 8. The second kappa shape index (κ2) is 9.22. The van der Waals surface area contributed by atoms with Gasteiger partial charge in [0.05, 0.1) is 18.6 Å². The largest absolute Gasteiger partial charge is 0.462 e. The highest BCUT2D eigenvalue weighted by Crippen LogP contribution is 2.56. The first kappa shape index (κ1) is 23.6. The van der Waals surface area contributed by atoms with Crippen molar-refractivity contribution in [2.24, 2.45) is 23.2 Å². The van der Waals surface area contributed by atoms with Gasteiger partial charge in [0.15, 0.2) is 0 Å². The van der Waals surface area contributed by atoms with Crippen LogP contribution in [0.15, 0.2) is 12.2 Å². The van der Waals surface area contributed by atoms with Crippen molar-refractivity contribution in [1.82, 2.24) is 4.90 Å². The summed E-state index contributed by atoms with van der Waals surface area (Å²) in [6, 6.07) is 0. The van der Waals surface area contributed by atoms with Crippen molar-refractivity contribution in [2.45, 2.75) is 69.5 Å². The van der Waals surface area contributed by atoms with E-state index < -0.39 is 31.0 Å². The monoisotopic (exact) mass is 427 g/mol. The van der Waals surface area contributed by atoms with Gasteiger partial charge < -0.3 is 35.2 Å². The number of nitrogens with zero attached hydrogens (tertiary/aromatic N) is 1. The Morgan fingerprint density at radius 1 is 1.23 bits per heavy atom. The third kappa shape index (κ3) is 4.59. The van der Waals surface area contributed by atoms with E-state index in [2.05, 4.69) is 13.5 Å². The van der Waals surface area contributed by atoms with Crippen LogP contribution in [-0.4, -0.2) is 93.7 Å². The topological polar surface area (TPSA) is 131 Å². The zero-order valence-electron chi connectivity index (χ0n) is 18.0. The average Bonchev–Trinajstić information content (AvgIpc) is 2.98. The molecule has 1 heterocycles. The number of ether oxygens (including phenoxy) is 1. The minimum atomic E-state index is -1.66. The number of carbonyl (C=O) groups excluding carboxylic acids is 1. The first-order chi connectivity index (χ1) is 14.1. The van der Waals surface area contributed by atoms with E-state index in [0.717, 1.165) is 32.1 Å². The molecule has 1 saturated heterocycles. The Balaban J connectivity index is 1.61. The molecule has 0 aromatic rings. The fourth-order valence-electron chi connectivity index (χ4n) is 5.87. The molecule has 0 aromatic carbocycles. The lowest BCUT2D eigenvalue weighted by atomic mass is 9.55. The number of rotatable bonds is 8. The molecule has 0 unspecified atom stereocenters. The van der Waals surface area contributed by atoms with Gasteiger partial charge in [0.2, 0.25) is 0 Å². The van der Waals surface area contributed by atoms with Gasteiger partial charge in [-0.05, 0) is 50.5 Å². The van der Waals surface area contributed by atoms with Crippen LogP contribution < -0.4 is 0 Å². The number of carbonyl (C=O) groups is 1. The van der Waals surface area contributed by atoms with Crippen LogP contribution >= 0.6 is 0 Å². The molecule has 30 heavy (non-hydrogen) atoms. The maximum absolute atomic E-state index is 12.6. The number of aliphatic hydroxyl groups is 5. The molecule has 8 nitrogen and oxygen atoms in total. The average molecular weight is 428 g/mol. The van der Waals surface area contributed by atoms with E-state index in [9.17, 15) is 25.2 Å². The van der Waals surface area contributed by atoms with Gasteiger partial charge in [0.1, 0.15) is 24.4 Å². The Labute approximate surface area is 178 Å². The Morgan fingerprint density at radius 3 is 2.57 bits per heavy atom. The van der Waals surface area contributed by atoms with Gasteiger partial charge in [-0.3, -0.25) is 4.79 Å². The molecule has 0 bridgehead atoms. The Morgan fingerprint density at radius 2 is 1.90 bits per heavy atom. The minimum Gasteiger partial charge on any atom is -0.462 e. The van der Waals surface area contributed by atoms with Gasteiger partial charge in [-0.2, -0.15) is 0 Å². The van der Waals surface area contributed by atoms with Crippen molar-refractivity contribution in [3.63, 3.8) is 0 Å². The van der Waals surface area contributed by atoms with Crippen molar-refractivity contribution >= 4 is 5.97 Å². The van der Waals surface area contributed by atoms with Crippen molar-refractivity contribution in [3.8, 4) is 0 Å². The number of allylic oxidation sites excluding steroid dienone is 1. The summed E-state index contributed by atoms with van der Waals surface area (Å²) in [7, 11) is 1.73.